The van der Waals surface area contributed by atoms with Gasteiger partial charge < -0.3 is 42.9 Å². The van der Waals surface area contributed by atoms with Gasteiger partial charge in [-0.3, -0.25) is 0 Å². The van der Waals surface area contributed by atoms with Gasteiger partial charge in [-0.15, -0.1) is 13.2 Å². The van der Waals surface area contributed by atoms with Crippen molar-refractivity contribution < 1.29 is 35.9 Å². The van der Waals surface area contributed by atoms with Crippen LogP contribution in [-0.2, 0) is 12.8 Å². The van der Waals surface area contributed by atoms with Crippen LogP contribution in [0.3, 0.4) is 0 Å². The molecule has 4 rings (SSSR count). The maximum Gasteiger partial charge on any atom is 2.00 e. The van der Waals surface area contributed by atoms with Gasteiger partial charge in [-0.1, -0.05) is 56.1 Å². The monoisotopic (exact) mass is 796 g/mol. The van der Waals surface area contributed by atoms with Crippen molar-refractivity contribution in [3.8, 4) is 45.3 Å². The van der Waals surface area contributed by atoms with Crippen molar-refractivity contribution in [1.29, 1.82) is 0 Å². The van der Waals surface area contributed by atoms with Crippen LogP contribution in [0.25, 0.3) is 22.3 Å². The zero-order valence-electron chi connectivity index (χ0n) is 26.1. The predicted octanol–water partition coefficient (Wildman–Crippen LogP) is 7.19. The molecule has 4 nitrogen and oxygen atoms in total. The van der Waals surface area contributed by atoms with Gasteiger partial charge in [-0.25, -0.2) is 0 Å². The Kier molecular flexibility index (Phi) is 21.2. The third-order valence-electron chi connectivity index (χ3n) is 6.19. The van der Waals surface area contributed by atoms with Crippen LogP contribution in [0.15, 0.2) is 107 Å². The Morgan fingerprint density at radius 1 is 0.545 bits per heavy atom. The largest absolute Gasteiger partial charge is 2.00 e. The Balaban J connectivity index is 0.000000774. The first kappa shape index (κ1) is 41.8. The summed E-state index contributed by atoms with van der Waals surface area (Å²) in [6, 6.07) is 24.2. The molecule has 0 aromatic heterocycles. The van der Waals surface area contributed by atoms with Crippen LogP contribution in [0.5, 0.6) is 23.0 Å². The molecule has 4 aromatic carbocycles. The summed E-state index contributed by atoms with van der Waals surface area (Å²) in [4.78, 5) is 0. The molecule has 0 amide bonds. The quantitative estimate of drug-likeness (QED) is 0.0969. The number of hydrogen-bond donors (Lipinski definition) is 0. The van der Waals surface area contributed by atoms with Gasteiger partial charge in [0.2, 0.25) is 0 Å². The summed E-state index contributed by atoms with van der Waals surface area (Å²) in [6.45, 7) is 12.6. The Labute approximate surface area is 307 Å². The maximum atomic E-state index is 5.53. The molecule has 44 heavy (non-hydrogen) atoms. The smallest absolute Gasteiger partial charge is 1.00 e. The first-order valence-electron chi connectivity index (χ1n) is 13.3. The summed E-state index contributed by atoms with van der Waals surface area (Å²) >= 11 is 6.96. The van der Waals surface area contributed by atoms with E-state index < -0.39 is 0 Å². The minimum Gasteiger partial charge on any atom is -1.00 e. The molecule has 0 aliphatic carbocycles. The fourth-order valence-corrected chi connectivity index (χ4v) is 5.02. The van der Waals surface area contributed by atoms with Gasteiger partial charge in [0.15, 0.2) is 0 Å². The molecule has 0 N–H and O–H groups in total. The van der Waals surface area contributed by atoms with Crippen molar-refractivity contribution in [2.75, 3.05) is 28.4 Å². The van der Waals surface area contributed by atoms with E-state index in [-0.39, 0.29) is 40.0 Å². The summed E-state index contributed by atoms with van der Waals surface area (Å²) in [7, 11) is 6.70. The Morgan fingerprint density at radius 2 is 0.818 bits per heavy atom. The van der Waals surface area contributed by atoms with Crippen LogP contribution < -0.4 is 35.9 Å². The fourth-order valence-electron chi connectivity index (χ4n) is 4.30. The van der Waals surface area contributed by atoms with Gasteiger partial charge in [0.1, 0.15) is 23.0 Å². The first-order valence-corrected chi connectivity index (χ1v) is 14.9. The second kappa shape index (κ2) is 22.3. The molecule has 0 aliphatic rings. The first-order chi connectivity index (χ1) is 20.4. The van der Waals surface area contributed by atoms with E-state index in [9.17, 15) is 0 Å². The average molecular weight is 800 g/mol. The van der Waals surface area contributed by atoms with Crippen molar-refractivity contribution in [2.45, 2.75) is 19.8 Å². The van der Waals surface area contributed by atoms with E-state index in [0.29, 0.717) is 0 Å². The van der Waals surface area contributed by atoms with E-state index >= 15 is 0 Å². The Morgan fingerprint density at radius 3 is 1.09 bits per heavy atom. The number of halogens is 3. The van der Waals surface area contributed by atoms with E-state index in [1.54, 1.807) is 35.4 Å². The van der Waals surface area contributed by atoms with Gasteiger partial charge >= 0.3 is 23.1 Å². The van der Waals surface area contributed by atoms with Gasteiger partial charge in [0.25, 0.3) is 0 Å². The van der Waals surface area contributed by atoms with E-state index in [1.807, 2.05) is 60.7 Å². The zero-order chi connectivity index (χ0) is 31.1. The maximum absolute atomic E-state index is 5.53. The van der Waals surface area contributed by atoms with Crippen LogP contribution in [0.2, 0.25) is 0 Å². The van der Waals surface area contributed by atoms with Crippen LogP contribution in [0.1, 0.15) is 18.1 Å². The minimum absolute atomic E-state index is 0. The SMILES string of the molecule is C=CCc1ccc(OC)c(-c2cc(CC=C)ccc2OC)c1.COc1ccc(Br)cc1-c1cc(Br)ccc1OC.[Br-].[CH2-]C.[Mg+2]. The van der Waals surface area contributed by atoms with E-state index in [1.165, 1.54) is 11.1 Å². The molecular weight excluding hydrogens is 760 g/mol. The van der Waals surface area contributed by atoms with E-state index in [0.717, 1.165) is 67.0 Å². The molecule has 0 saturated carbocycles. The number of benzene rings is 4. The molecule has 0 heterocycles. The fraction of sp³-hybridized carbons (Fsp3) is 0.194. The standard InChI is InChI=1S/C20H22O2.C14H12Br2O2.C2H5.BrH.Mg/c1-5-7-15-9-11-19(21-3)17(13-15)18-14-16(8-6-2)10-12-20(18)22-4;1-17-13-5-3-9(15)7-11(13)12-8-10(16)4-6-14(12)18-2;1-2;;/h5-6,9-14H,1-2,7-8H2,3-4H3;3-8H,1-2H3;1H2,2H3;1H;/q;;-1;;+2/p-1. The molecule has 0 unspecified atom stereocenters. The number of ether oxygens (including phenoxy) is 4. The van der Waals surface area contributed by atoms with Crippen LogP contribution in [0, 0.1) is 6.92 Å². The van der Waals surface area contributed by atoms with Gasteiger partial charge in [-0.2, -0.15) is 6.92 Å². The summed E-state index contributed by atoms with van der Waals surface area (Å²) < 4.78 is 23.9. The van der Waals surface area contributed by atoms with Crippen molar-refractivity contribution >= 4 is 54.9 Å². The van der Waals surface area contributed by atoms with Crippen LogP contribution in [-0.4, -0.2) is 51.5 Å². The number of allylic oxidation sites excluding steroid dienone is 2. The van der Waals surface area contributed by atoms with Gasteiger partial charge in [-0.05, 0) is 84.6 Å². The molecule has 0 aliphatic heterocycles. The van der Waals surface area contributed by atoms with Crippen molar-refractivity contribution in [3.05, 3.63) is 125 Å². The molecule has 0 saturated heterocycles. The third-order valence-corrected chi connectivity index (χ3v) is 7.18. The number of hydrogen-bond acceptors (Lipinski definition) is 4. The van der Waals surface area contributed by atoms with Crippen LogP contribution in [0.4, 0.5) is 0 Å². The number of rotatable bonds is 10. The van der Waals surface area contributed by atoms with Crippen molar-refractivity contribution in [3.63, 3.8) is 0 Å². The number of methoxy groups -OCH3 is 4. The molecule has 0 bridgehead atoms. The van der Waals surface area contributed by atoms with Crippen molar-refractivity contribution in [1.82, 2.24) is 0 Å². The summed E-state index contributed by atoms with van der Waals surface area (Å²) in [6.07, 6.45) is 5.45. The molecule has 0 spiro atoms. The molecular formula is C36H39Br3MgO4. The predicted molar refractivity (Wildman–Crippen MR) is 190 cm³/mol. The Hall–Kier alpha value is -2.23. The zero-order valence-corrected chi connectivity index (χ0v) is 32.3. The van der Waals surface area contributed by atoms with Gasteiger partial charge in [0.05, 0.1) is 28.4 Å². The molecule has 4 aromatic rings. The molecule has 0 fully saturated rings. The van der Waals surface area contributed by atoms with Crippen LogP contribution >= 0.6 is 31.9 Å². The second-order valence-electron chi connectivity index (χ2n) is 8.74. The second-order valence-corrected chi connectivity index (χ2v) is 10.6. The molecule has 8 heteroatoms. The normalized spacial score (nSPS) is 9.36. The minimum atomic E-state index is 0. The summed E-state index contributed by atoms with van der Waals surface area (Å²) in [5.41, 5.74) is 6.44. The Bertz CT molecular complexity index is 1360. The average Bonchev–Trinajstić information content (AvgIpc) is 3.02. The van der Waals surface area contributed by atoms with Gasteiger partial charge in [0, 0.05) is 31.2 Å². The molecule has 0 radical (unpaired) electrons. The summed E-state index contributed by atoms with van der Waals surface area (Å²) in [5, 5.41) is 0. The third kappa shape index (κ3) is 11.6. The van der Waals surface area contributed by atoms with Crippen molar-refractivity contribution in [2.24, 2.45) is 0 Å². The topological polar surface area (TPSA) is 36.9 Å². The summed E-state index contributed by atoms with van der Waals surface area (Å²) in [5.74, 6) is 3.30. The molecule has 230 valence electrons. The van der Waals surface area contributed by atoms with E-state index in [2.05, 4.69) is 76.2 Å². The molecule has 0 atom stereocenters. The van der Waals surface area contributed by atoms with E-state index in [4.69, 9.17) is 18.9 Å².